The van der Waals surface area contributed by atoms with Gasteiger partial charge in [-0.1, -0.05) is 6.07 Å². The molecular weight excluding hydrogens is 246 g/mol. The molecule has 1 rings (SSSR count). The van der Waals surface area contributed by atoms with Crippen LogP contribution in [-0.2, 0) is 4.79 Å². The number of nitrogens with zero attached hydrogens (tertiary/aromatic N) is 1. The Morgan fingerprint density at radius 2 is 2.21 bits per heavy atom. The zero-order chi connectivity index (χ0) is 14.4. The normalized spacial score (nSPS) is 11.9. The van der Waals surface area contributed by atoms with Gasteiger partial charge in [0.2, 0.25) is 5.91 Å². The molecule has 1 atom stereocenters. The molecule has 104 valence electrons. The van der Waals surface area contributed by atoms with Crippen molar-refractivity contribution in [1.82, 2.24) is 0 Å². The molecule has 0 bridgehead atoms. The van der Waals surface area contributed by atoms with E-state index in [1.807, 2.05) is 6.92 Å². The molecule has 0 radical (unpaired) electrons. The van der Waals surface area contributed by atoms with Crippen molar-refractivity contribution in [2.45, 2.75) is 39.2 Å². The lowest BCUT2D eigenvalue weighted by atomic mass is 10.1. The molecule has 1 aromatic rings. The Balaban J connectivity index is 2.66. The smallest absolute Gasteiger partial charge is 0.293 e. The third kappa shape index (κ3) is 5.05. The summed E-state index contributed by atoms with van der Waals surface area (Å²) in [7, 11) is 0. The van der Waals surface area contributed by atoms with Gasteiger partial charge in [0, 0.05) is 18.5 Å². The molecule has 0 fully saturated rings. The van der Waals surface area contributed by atoms with Crippen LogP contribution in [0.25, 0.3) is 0 Å². The minimum Gasteiger partial charge on any atom is -0.328 e. The predicted octanol–water partition coefficient (Wildman–Crippen LogP) is 2.36. The number of nitro benzene ring substituents is 1. The average Bonchev–Trinajstić information content (AvgIpc) is 2.30. The van der Waals surface area contributed by atoms with E-state index in [-0.39, 0.29) is 23.3 Å². The summed E-state index contributed by atoms with van der Waals surface area (Å²) in [5.41, 5.74) is 6.52. The van der Waals surface area contributed by atoms with Gasteiger partial charge in [0.05, 0.1) is 4.92 Å². The Hall–Kier alpha value is -1.95. The fourth-order valence-corrected chi connectivity index (χ4v) is 1.70. The summed E-state index contributed by atoms with van der Waals surface area (Å²) >= 11 is 0. The largest absolute Gasteiger partial charge is 0.328 e. The Morgan fingerprint density at radius 3 is 2.79 bits per heavy atom. The highest BCUT2D eigenvalue weighted by Gasteiger charge is 2.15. The van der Waals surface area contributed by atoms with Crippen molar-refractivity contribution in [1.29, 1.82) is 0 Å². The number of amides is 1. The van der Waals surface area contributed by atoms with Crippen molar-refractivity contribution in [3.63, 3.8) is 0 Å². The van der Waals surface area contributed by atoms with E-state index in [0.29, 0.717) is 12.8 Å². The molecule has 0 aliphatic carbocycles. The number of aryl methyl sites for hydroxylation is 1. The number of benzene rings is 1. The molecule has 0 aliphatic rings. The van der Waals surface area contributed by atoms with Gasteiger partial charge in [-0.2, -0.15) is 0 Å². The van der Waals surface area contributed by atoms with Gasteiger partial charge in [-0.15, -0.1) is 0 Å². The van der Waals surface area contributed by atoms with Crippen LogP contribution in [0.1, 0.15) is 31.7 Å². The van der Waals surface area contributed by atoms with Gasteiger partial charge < -0.3 is 11.1 Å². The van der Waals surface area contributed by atoms with Crippen LogP contribution < -0.4 is 11.1 Å². The van der Waals surface area contributed by atoms with E-state index < -0.39 is 4.92 Å². The lowest BCUT2D eigenvalue weighted by Crippen LogP contribution is -2.17. The van der Waals surface area contributed by atoms with Crippen LogP contribution in [0.15, 0.2) is 18.2 Å². The molecule has 19 heavy (non-hydrogen) atoms. The second kappa shape index (κ2) is 6.84. The first-order valence-electron chi connectivity index (χ1n) is 6.20. The van der Waals surface area contributed by atoms with E-state index in [1.54, 1.807) is 19.1 Å². The summed E-state index contributed by atoms with van der Waals surface area (Å²) in [4.78, 5) is 22.1. The van der Waals surface area contributed by atoms with Crippen molar-refractivity contribution < 1.29 is 9.72 Å². The van der Waals surface area contributed by atoms with Gasteiger partial charge in [0.25, 0.3) is 5.69 Å². The number of anilines is 1. The fourth-order valence-electron chi connectivity index (χ4n) is 1.70. The van der Waals surface area contributed by atoms with Crippen LogP contribution in [-0.4, -0.2) is 16.9 Å². The van der Waals surface area contributed by atoms with Gasteiger partial charge >= 0.3 is 0 Å². The molecule has 6 heteroatoms. The molecule has 0 saturated carbocycles. The van der Waals surface area contributed by atoms with Crippen LogP contribution >= 0.6 is 0 Å². The van der Waals surface area contributed by atoms with Gasteiger partial charge in [0.15, 0.2) is 0 Å². The van der Waals surface area contributed by atoms with Crippen molar-refractivity contribution in [2.75, 3.05) is 5.32 Å². The van der Waals surface area contributed by atoms with Crippen molar-refractivity contribution in [2.24, 2.45) is 5.73 Å². The quantitative estimate of drug-likeness (QED) is 0.609. The van der Waals surface area contributed by atoms with Gasteiger partial charge in [-0.05, 0) is 38.3 Å². The molecule has 3 N–H and O–H groups in total. The van der Waals surface area contributed by atoms with Crippen molar-refractivity contribution in [3.8, 4) is 0 Å². The number of carbonyl (C=O) groups excluding carboxylic acids is 1. The number of hydrogen-bond donors (Lipinski definition) is 2. The predicted molar refractivity (Wildman–Crippen MR) is 74.0 cm³/mol. The first kappa shape index (κ1) is 15.1. The summed E-state index contributed by atoms with van der Waals surface area (Å²) in [5, 5.41) is 13.5. The number of nitrogens with one attached hydrogen (secondary N) is 1. The number of nitro groups is 1. The third-order valence-electron chi connectivity index (χ3n) is 2.69. The molecule has 0 aliphatic heterocycles. The average molecular weight is 265 g/mol. The van der Waals surface area contributed by atoms with E-state index in [2.05, 4.69) is 5.32 Å². The Bertz CT molecular complexity index is 472. The van der Waals surface area contributed by atoms with Crippen LogP contribution in [0.4, 0.5) is 11.4 Å². The van der Waals surface area contributed by atoms with Crippen LogP contribution in [0.3, 0.4) is 0 Å². The molecule has 0 spiro atoms. The number of carbonyl (C=O) groups is 1. The maximum Gasteiger partial charge on any atom is 0.293 e. The van der Waals surface area contributed by atoms with E-state index in [9.17, 15) is 14.9 Å². The molecule has 1 aromatic carbocycles. The first-order valence-corrected chi connectivity index (χ1v) is 6.20. The molecular formula is C13H19N3O3. The second-order valence-corrected chi connectivity index (χ2v) is 4.70. The van der Waals surface area contributed by atoms with Crippen molar-refractivity contribution >= 4 is 17.3 Å². The minimum atomic E-state index is -0.495. The molecule has 1 amide bonds. The minimum absolute atomic E-state index is 0.0570. The van der Waals surface area contributed by atoms with E-state index in [1.165, 1.54) is 6.07 Å². The van der Waals surface area contributed by atoms with Crippen LogP contribution in [0.5, 0.6) is 0 Å². The Labute approximate surface area is 112 Å². The highest BCUT2D eigenvalue weighted by Crippen LogP contribution is 2.25. The maximum absolute atomic E-state index is 11.7. The molecule has 1 unspecified atom stereocenters. The zero-order valence-electron chi connectivity index (χ0n) is 11.2. The summed E-state index contributed by atoms with van der Waals surface area (Å²) in [5.74, 6) is -0.229. The molecule has 0 aromatic heterocycles. The second-order valence-electron chi connectivity index (χ2n) is 4.70. The standard InChI is InChI=1S/C13H19N3O3/c1-9-6-7-11(12(8-9)16(18)19)15-13(17)5-3-4-10(2)14/h6-8,10H,3-5,14H2,1-2H3,(H,15,17). The molecule has 0 saturated heterocycles. The number of rotatable bonds is 6. The lowest BCUT2D eigenvalue weighted by Gasteiger charge is -2.07. The van der Waals surface area contributed by atoms with Gasteiger partial charge in [-0.25, -0.2) is 0 Å². The summed E-state index contributed by atoms with van der Waals surface area (Å²) in [6, 6.07) is 4.78. The fraction of sp³-hybridized carbons (Fsp3) is 0.462. The summed E-state index contributed by atoms with van der Waals surface area (Å²) < 4.78 is 0. The van der Waals surface area contributed by atoms with Crippen LogP contribution in [0.2, 0.25) is 0 Å². The highest BCUT2D eigenvalue weighted by atomic mass is 16.6. The van der Waals surface area contributed by atoms with E-state index in [4.69, 9.17) is 5.73 Å². The molecule has 6 nitrogen and oxygen atoms in total. The Morgan fingerprint density at radius 1 is 1.53 bits per heavy atom. The highest BCUT2D eigenvalue weighted by molar-refractivity contribution is 5.93. The Kier molecular flexibility index (Phi) is 5.44. The lowest BCUT2D eigenvalue weighted by molar-refractivity contribution is -0.384. The summed E-state index contributed by atoms with van der Waals surface area (Å²) in [6.07, 6.45) is 1.74. The van der Waals surface area contributed by atoms with Gasteiger partial charge in [-0.3, -0.25) is 14.9 Å². The maximum atomic E-state index is 11.7. The zero-order valence-corrected chi connectivity index (χ0v) is 11.2. The molecule has 0 heterocycles. The topological polar surface area (TPSA) is 98.3 Å². The number of hydrogen-bond acceptors (Lipinski definition) is 4. The number of nitrogens with two attached hydrogens (primary N) is 1. The monoisotopic (exact) mass is 265 g/mol. The van der Waals surface area contributed by atoms with Crippen LogP contribution in [0, 0.1) is 17.0 Å². The van der Waals surface area contributed by atoms with Gasteiger partial charge in [0.1, 0.15) is 5.69 Å². The summed E-state index contributed by atoms with van der Waals surface area (Å²) in [6.45, 7) is 3.64. The van der Waals surface area contributed by atoms with Crippen molar-refractivity contribution in [3.05, 3.63) is 33.9 Å². The van der Waals surface area contributed by atoms with E-state index in [0.717, 1.165) is 12.0 Å². The third-order valence-corrected chi connectivity index (χ3v) is 2.69. The SMILES string of the molecule is Cc1ccc(NC(=O)CCCC(C)N)c([N+](=O)[O-])c1. The first-order chi connectivity index (χ1) is 8.90. The van der Waals surface area contributed by atoms with E-state index >= 15 is 0 Å².